The van der Waals surface area contributed by atoms with Gasteiger partial charge in [0.15, 0.2) is 0 Å². The van der Waals surface area contributed by atoms with Gasteiger partial charge >= 0.3 is 0 Å². The van der Waals surface area contributed by atoms with Gasteiger partial charge in [-0.3, -0.25) is 0 Å². The van der Waals surface area contributed by atoms with Gasteiger partial charge < -0.3 is 32.6 Å². The van der Waals surface area contributed by atoms with Crippen LogP contribution < -0.4 is 0 Å². The Bertz CT molecular complexity index is 32.2. The van der Waals surface area contributed by atoms with Crippen LogP contribution in [-0.2, 0) is 26.2 Å². The molecule has 0 rings (SSSR count). The van der Waals surface area contributed by atoms with Crippen LogP contribution >= 0.6 is 0 Å². The van der Waals surface area contributed by atoms with Gasteiger partial charge in [0.1, 0.15) is 0 Å². The molecule has 0 saturated carbocycles. The summed E-state index contributed by atoms with van der Waals surface area (Å²) >= 11 is 0. The molecule has 0 atom stereocenters. The van der Waals surface area contributed by atoms with E-state index in [0.29, 0.717) is 0 Å². The van der Waals surface area contributed by atoms with E-state index >= 15 is 0 Å². The first-order valence-corrected chi connectivity index (χ1v) is 0.565. The summed E-state index contributed by atoms with van der Waals surface area (Å²) in [5, 5.41) is 13.6. The molecule has 0 radical (unpaired) electrons. The van der Waals surface area contributed by atoms with Crippen molar-refractivity contribution in [2.75, 3.05) is 0 Å². The van der Waals surface area contributed by atoms with Gasteiger partial charge in [-0.1, -0.05) is 0 Å². The van der Waals surface area contributed by atoms with Crippen molar-refractivity contribution in [2.45, 2.75) is 0 Å². The van der Waals surface area contributed by atoms with Gasteiger partial charge in [-0.15, -0.1) is 10.1 Å². The molecule has 0 spiro atoms. The van der Waals surface area contributed by atoms with Gasteiger partial charge in [-0.25, -0.2) is 0 Å². The first-order valence-electron chi connectivity index (χ1n) is 0.565. The summed E-state index contributed by atoms with van der Waals surface area (Å²) in [6, 6.07) is 0. The van der Waals surface area contributed by atoms with E-state index in [9.17, 15) is 0 Å². The molecule has 0 bridgehead atoms. The van der Waals surface area contributed by atoms with Crippen LogP contribution in [0.2, 0.25) is 0 Å². The Morgan fingerprint density at radius 3 is 1.00 bits per heavy atom. The maximum absolute atomic E-state index is 8.36. The van der Waals surface area contributed by atoms with Gasteiger partial charge in [0, 0.05) is 26.2 Å². The molecular formula is H11NO8Zr. The Hall–Kier alpha value is -0.117. The third kappa shape index (κ3) is 27300. The minimum atomic E-state index is -1.50. The monoisotopic (exact) mass is 243 g/mol. The van der Waals surface area contributed by atoms with E-state index < -0.39 is 5.09 Å². The summed E-state index contributed by atoms with van der Waals surface area (Å²) in [6.07, 6.45) is 0. The van der Waals surface area contributed by atoms with Gasteiger partial charge in [0.2, 0.25) is 0 Å². The van der Waals surface area contributed by atoms with Crippen LogP contribution in [-0.4, -0.2) is 37.7 Å². The third-order valence-electron chi connectivity index (χ3n) is 0. The van der Waals surface area contributed by atoms with Crippen molar-refractivity contribution in [3.05, 3.63) is 10.1 Å². The molecule has 0 saturated heterocycles. The van der Waals surface area contributed by atoms with E-state index in [1.54, 1.807) is 0 Å². The van der Waals surface area contributed by atoms with Crippen LogP contribution in [0.25, 0.3) is 0 Å². The zero-order valence-electron chi connectivity index (χ0n) is 4.71. The largest absolute Gasteiger partial charge is 0.412 e. The molecule has 0 unspecified atom stereocenters. The molecule has 68 valence electrons. The first kappa shape index (κ1) is 93.8. The quantitative estimate of drug-likeness (QED) is 0.329. The summed E-state index contributed by atoms with van der Waals surface area (Å²) in [5.41, 5.74) is 0. The molecule has 0 aliphatic carbocycles. The van der Waals surface area contributed by atoms with Crippen LogP contribution in [0.5, 0.6) is 0 Å². The standard InChI is InChI=1S/HNO3.5H2O.Zr/c2-1(3)4;;;;;;/h(H,2,3,4);5*1H2;. The Balaban J connectivity index is -0.00000000300. The fourth-order valence-electron chi connectivity index (χ4n) is 0. The first-order chi connectivity index (χ1) is 1.73. The van der Waals surface area contributed by atoms with Crippen molar-refractivity contribution in [3.8, 4) is 0 Å². The van der Waals surface area contributed by atoms with Crippen molar-refractivity contribution in [1.82, 2.24) is 0 Å². The molecule has 0 aromatic rings. The van der Waals surface area contributed by atoms with E-state index in [0.717, 1.165) is 0 Å². The predicted molar refractivity (Wildman–Crippen MR) is 26.8 cm³/mol. The molecule has 0 aliphatic rings. The van der Waals surface area contributed by atoms with Crippen LogP contribution in [0.15, 0.2) is 0 Å². The average Bonchev–Trinajstić information content (AvgIpc) is 0.811. The third-order valence-corrected chi connectivity index (χ3v) is 0. The molecule has 11 N–H and O–H groups in total. The minimum absolute atomic E-state index is 0. The van der Waals surface area contributed by atoms with Gasteiger partial charge in [-0.2, -0.15) is 0 Å². The molecule has 0 aliphatic heterocycles. The molecule has 0 amide bonds. The van der Waals surface area contributed by atoms with Crippen LogP contribution in [0, 0.1) is 10.1 Å². The van der Waals surface area contributed by atoms with E-state index in [-0.39, 0.29) is 53.6 Å². The minimum Gasteiger partial charge on any atom is -0.412 e. The number of nitrogens with zero attached hydrogens (tertiary/aromatic N) is 1. The second kappa shape index (κ2) is 66.4. The predicted octanol–water partition coefficient (Wildman–Crippen LogP) is -4.47. The Kier molecular flexibility index (Phi) is 623. The summed E-state index contributed by atoms with van der Waals surface area (Å²) in [6.45, 7) is 0. The average molecular weight is 244 g/mol. The summed E-state index contributed by atoms with van der Waals surface area (Å²) in [7, 11) is 0. The molecule has 0 heterocycles. The van der Waals surface area contributed by atoms with Crippen molar-refractivity contribution in [1.29, 1.82) is 0 Å². The Morgan fingerprint density at radius 1 is 1.00 bits per heavy atom. The second-order valence-corrected chi connectivity index (χ2v) is 0.238. The maximum atomic E-state index is 8.36. The van der Waals surface area contributed by atoms with Crippen LogP contribution in [0.4, 0.5) is 0 Å². The molecule has 0 aromatic heterocycles. The van der Waals surface area contributed by atoms with Crippen molar-refractivity contribution >= 4 is 0 Å². The van der Waals surface area contributed by atoms with Crippen molar-refractivity contribution in [3.63, 3.8) is 0 Å². The van der Waals surface area contributed by atoms with Gasteiger partial charge in [0.25, 0.3) is 5.09 Å². The van der Waals surface area contributed by atoms with Crippen molar-refractivity contribution < 1.29 is 63.9 Å². The van der Waals surface area contributed by atoms with Crippen LogP contribution in [0.1, 0.15) is 0 Å². The molecule has 10 heavy (non-hydrogen) atoms. The normalized spacial score (nSPS) is 2.40. The summed E-state index contributed by atoms with van der Waals surface area (Å²) < 4.78 is 0. The Labute approximate surface area is 74.4 Å². The molecule has 9 nitrogen and oxygen atoms in total. The van der Waals surface area contributed by atoms with Crippen LogP contribution in [0.3, 0.4) is 0 Å². The maximum Gasteiger partial charge on any atom is 0.291 e. The SMILES string of the molecule is O.O.O.O.O.O=[N+]([O-])O.[Zr]. The van der Waals surface area contributed by atoms with Gasteiger partial charge in [0.05, 0.1) is 0 Å². The fraction of sp³-hybridized carbons (Fsp3) is 0. The number of rotatable bonds is 0. The topological polar surface area (TPSA) is 221 Å². The van der Waals surface area contributed by atoms with E-state index in [1.165, 1.54) is 0 Å². The summed E-state index contributed by atoms with van der Waals surface area (Å²) in [4.78, 5) is 8.36. The molecule has 0 fully saturated rings. The summed E-state index contributed by atoms with van der Waals surface area (Å²) in [5.74, 6) is 0. The zero-order valence-corrected chi connectivity index (χ0v) is 7.17. The number of hydrogen-bond donors (Lipinski definition) is 1. The molecule has 0 aromatic carbocycles. The van der Waals surface area contributed by atoms with E-state index in [1.807, 2.05) is 0 Å². The molecule has 10 heteroatoms. The smallest absolute Gasteiger partial charge is 0.291 e. The second-order valence-electron chi connectivity index (χ2n) is 0.238. The fourth-order valence-corrected chi connectivity index (χ4v) is 0. The van der Waals surface area contributed by atoms with Gasteiger partial charge in [-0.05, 0) is 0 Å². The molecular weight excluding hydrogens is 233 g/mol. The van der Waals surface area contributed by atoms with Crippen molar-refractivity contribution in [2.24, 2.45) is 0 Å². The Morgan fingerprint density at radius 2 is 1.00 bits per heavy atom. The zero-order chi connectivity index (χ0) is 3.58. The van der Waals surface area contributed by atoms with E-state index in [4.69, 9.17) is 15.3 Å². The van der Waals surface area contributed by atoms with E-state index in [2.05, 4.69) is 0 Å². The number of hydrogen-bond acceptors (Lipinski definition) is 2.